The van der Waals surface area contributed by atoms with E-state index in [0.717, 1.165) is 0 Å². The van der Waals surface area contributed by atoms with Crippen LogP contribution in [0.25, 0.3) is 0 Å². The second kappa shape index (κ2) is 6.77. The molecule has 10 heteroatoms. The largest absolute Gasteiger partial charge is 0.411 e. The van der Waals surface area contributed by atoms with Gasteiger partial charge in [-0.15, -0.1) is 0 Å². The average Bonchev–Trinajstić information content (AvgIpc) is 2.67. The quantitative estimate of drug-likeness (QED) is 0.567. The summed E-state index contributed by atoms with van der Waals surface area (Å²) >= 11 is 0. The normalized spacial score (nSPS) is 12.8. The van der Waals surface area contributed by atoms with Gasteiger partial charge in [-0.25, -0.2) is 13.4 Å². The molecule has 0 fully saturated rings. The summed E-state index contributed by atoms with van der Waals surface area (Å²) in [5.74, 6) is 0.447. The minimum Gasteiger partial charge on any atom is -0.370 e. The maximum absolute atomic E-state index is 11.9. The second-order valence-electron chi connectivity index (χ2n) is 4.04. The van der Waals surface area contributed by atoms with Gasteiger partial charge in [0.2, 0.25) is 0 Å². The number of hydrogen-bond donors (Lipinski definition) is 0. The van der Waals surface area contributed by atoms with Gasteiger partial charge in [-0.2, -0.15) is 13.2 Å². The van der Waals surface area contributed by atoms with E-state index in [1.54, 1.807) is 0 Å². The maximum Gasteiger partial charge on any atom is 0.411 e. The van der Waals surface area contributed by atoms with Gasteiger partial charge in [0, 0.05) is 29.8 Å². The van der Waals surface area contributed by atoms with Crippen molar-refractivity contribution in [1.82, 2.24) is 9.55 Å². The number of rotatable bonds is 7. The van der Waals surface area contributed by atoms with E-state index in [1.807, 2.05) is 6.92 Å². The summed E-state index contributed by atoms with van der Waals surface area (Å²) in [5, 5.41) is -0.307. The summed E-state index contributed by atoms with van der Waals surface area (Å²) in [6.45, 7) is 0.401. The van der Waals surface area contributed by atoms with Gasteiger partial charge in [0.25, 0.3) is 9.05 Å². The molecule has 0 unspecified atom stereocenters. The van der Waals surface area contributed by atoms with Gasteiger partial charge in [-0.05, 0) is 6.42 Å². The van der Waals surface area contributed by atoms with Gasteiger partial charge in [0.05, 0.1) is 6.61 Å². The first-order valence-corrected chi connectivity index (χ1v) is 8.09. The van der Waals surface area contributed by atoms with Crippen LogP contribution in [0.1, 0.15) is 19.2 Å². The number of alkyl halides is 3. The molecule has 116 valence electrons. The van der Waals surface area contributed by atoms with Crippen LogP contribution in [0.3, 0.4) is 0 Å². The fourth-order valence-corrected chi connectivity index (χ4v) is 2.20. The number of ether oxygens (including phenoxy) is 1. The monoisotopic (exact) mass is 334 g/mol. The molecular weight excluding hydrogens is 321 g/mol. The zero-order valence-electron chi connectivity index (χ0n) is 10.7. The Morgan fingerprint density at radius 1 is 1.45 bits per heavy atom. The Bertz CT molecular complexity index is 542. The summed E-state index contributed by atoms with van der Waals surface area (Å²) in [4.78, 5) is 3.86. The number of aryl methyl sites for hydroxylation is 1. The van der Waals surface area contributed by atoms with Crippen molar-refractivity contribution in [2.75, 3.05) is 13.2 Å². The smallest absolute Gasteiger partial charge is 0.370 e. The average molecular weight is 335 g/mol. The molecule has 0 saturated heterocycles. The summed E-state index contributed by atoms with van der Waals surface area (Å²) in [7, 11) is 1.22. The number of halogens is 4. The second-order valence-corrected chi connectivity index (χ2v) is 6.56. The molecule has 0 saturated carbocycles. The highest BCUT2D eigenvalue weighted by Gasteiger charge is 2.27. The van der Waals surface area contributed by atoms with Crippen LogP contribution in [0.5, 0.6) is 0 Å². The standard InChI is InChI=1S/C10H14ClF3N2O3S/c1-2-3-8-15-9(20(11,17)18)6-16(8)4-5-19-7-10(12,13)14/h6H,2-5,7H2,1H3. The molecular formula is C10H14ClF3N2O3S. The Morgan fingerprint density at radius 2 is 2.10 bits per heavy atom. The van der Waals surface area contributed by atoms with Gasteiger partial charge in [0.1, 0.15) is 12.4 Å². The lowest BCUT2D eigenvalue weighted by molar-refractivity contribution is -0.174. The predicted octanol–water partition coefficient (Wildman–Crippen LogP) is 2.34. The van der Waals surface area contributed by atoms with Crippen molar-refractivity contribution in [3.05, 3.63) is 12.0 Å². The van der Waals surface area contributed by atoms with Gasteiger partial charge >= 0.3 is 6.18 Å². The van der Waals surface area contributed by atoms with Crippen LogP contribution in [-0.4, -0.2) is 37.4 Å². The molecule has 20 heavy (non-hydrogen) atoms. The Hall–Kier alpha value is -0.800. The van der Waals surface area contributed by atoms with Crippen LogP contribution in [0.15, 0.2) is 11.2 Å². The molecule has 0 aliphatic rings. The van der Waals surface area contributed by atoms with Gasteiger partial charge in [0.15, 0.2) is 5.03 Å². The number of aromatic nitrogens is 2. The van der Waals surface area contributed by atoms with E-state index in [9.17, 15) is 21.6 Å². The third kappa shape index (κ3) is 5.68. The lowest BCUT2D eigenvalue weighted by Gasteiger charge is -2.09. The maximum atomic E-state index is 11.9. The molecule has 1 heterocycles. The first-order chi connectivity index (χ1) is 9.13. The van der Waals surface area contributed by atoms with Crippen molar-refractivity contribution in [2.45, 2.75) is 37.5 Å². The van der Waals surface area contributed by atoms with Crippen LogP contribution in [0.4, 0.5) is 13.2 Å². The molecule has 1 rings (SSSR count). The highest BCUT2D eigenvalue weighted by Crippen LogP contribution is 2.16. The number of nitrogens with zero attached hydrogens (tertiary/aromatic N) is 2. The van der Waals surface area contributed by atoms with E-state index in [1.165, 1.54) is 10.8 Å². The zero-order valence-corrected chi connectivity index (χ0v) is 12.2. The molecule has 0 aliphatic heterocycles. The fourth-order valence-electron chi connectivity index (χ4n) is 1.51. The van der Waals surface area contributed by atoms with Crippen molar-refractivity contribution in [3.8, 4) is 0 Å². The van der Waals surface area contributed by atoms with E-state index in [-0.39, 0.29) is 18.2 Å². The molecule has 1 aromatic rings. The Balaban J connectivity index is 2.70. The fraction of sp³-hybridized carbons (Fsp3) is 0.700. The van der Waals surface area contributed by atoms with Gasteiger partial charge in [-0.1, -0.05) is 6.92 Å². The predicted molar refractivity (Wildman–Crippen MR) is 66.1 cm³/mol. The molecule has 0 amide bonds. The van der Waals surface area contributed by atoms with Crippen LogP contribution >= 0.6 is 10.7 Å². The molecule has 1 aromatic heterocycles. The van der Waals surface area contributed by atoms with Crippen LogP contribution in [-0.2, 0) is 26.8 Å². The molecule has 0 N–H and O–H groups in total. The Morgan fingerprint density at radius 3 is 2.60 bits per heavy atom. The summed E-state index contributed by atoms with van der Waals surface area (Å²) in [5.41, 5.74) is 0. The van der Waals surface area contributed by atoms with Gasteiger partial charge in [-0.3, -0.25) is 0 Å². The molecule has 0 radical (unpaired) electrons. The van der Waals surface area contributed by atoms with E-state index >= 15 is 0 Å². The molecule has 5 nitrogen and oxygen atoms in total. The molecule has 0 aliphatic carbocycles. The third-order valence-electron chi connectivity index (χ3n) is 2.30. The zero-order chi connectivity index (χ0) is 15.4. The minimum absolute atomic E-state index is 0.0742. The topological polar surface area (TPSA) is 61.2 Å². The SMILES string of the molecule is CCCc1nc(S(=O)(=O)Cl)cn1CCOCC(F)(F)F. The highest BCUT2D eigenvalue weighted by atomic mass is 35.7. The molecule has 0 spiro atoms. The lowest BCUT2D eigenvalue weighted by Crippen LogP contribution is -2.19. The van der Waals surface area contributed by atoms with Crippen molar-refractivity contribution in [2.24, 2.45) is 0 Å². The summed E-state index contributed by atoms with van der Waals surface area (Å²) in [6, 6.07) is 0. The van der Waals surface area contributed by atoms with E-state index in [0.29, 0.717) is 18.7 Å². The Labute approximate surface area is 119 Å². The summed E-state index contributed by atoms with van der Waals surface area (Å²) in [6.07, 6.45) is -1.98. The lowest BCUT2D eigenvalue weighted by atomic mass is 10.3. The number of imidazole rings is 1. The molecule has 0 atom stereocenters. The first-order valence-electron chi connectivity index (χ1n) is 5.78. The van der Waals surface area contributed by atoms with E-state index in [2.05, 4.69) is 9.72 Å². The Kier molecular flexibility index (Phi) is 5.84. The van der Waals surface area contributed by atoms with Crippen LogP contribution < -0.4 is 0 Å². The number of hydrogen-bond acceptors (Lipinski definition) is 4. The first kappa shape index (κ1) is 17.3. The van der Waals surface area contributed by atoms with Crippen molar-refractivity contribution in [3.63, 3.8) is 0 Å². The van der Waals surface area contributed by atoms with Crippen molar-refractivity contribution in [1.29, 1.82) is 0 Å². The van der Waals surface area contributed by atoms with E-state index in [4.69, 9.17) is 10.7 Å². The van der Waals surface area contributed by atoms with Crippen molar-refractivity contribution < 1.29 is 26.3 Å². The molecule has 0 aromatic carbocycles. The highest BCUT2D eigenvalue weighted by molar-refractivity contribution is 8.13. The summed E-state index contributed by atoms with van der Waals surface area (Å²) < 4.78 is 64.0. The van der Waals surface area contributed by atoms with Crippen LogP contribution in [0.2, 0.25) is 0 Å². The third-order valence-corrected chi connectivity index (χ3v) is 3.47. The minimum atomic E-state index is -4.38. The molecule has 0 bridgehead atoms. The van der Waals surface area contributed by atoms with Gasteiger partial charge < -0.3 is 9.30 Å². The van der Waals surface area contributed by atoms with Crippen molar-refractivity contribution >= 4 is 19.7 Å². The van der Waals surface area contributed by atoms with Crippen LogP contribution in [0, 0.1) is 0 Å². The van der Waals surface area contributed by atoms with E-state index < -0.39 is 21.8 Å².